The van der Waals surface area contributed by atoms with Crippen molar-refractivity contribution in [3.05, 3.63) is 69.8 Å². The van der Waals surface area contributed by atoms with Gasteiger partial charge in [-0.2, -0.15) is 18.4 Å². The molecule has 0 aliphatic heterocycles. The van der Waals surface area contributed by atoms with Crippen LogP contribution in [0.5, 0.6) is 0 Å². The Labute approximate surface area is 147 Å². The second-order valence-electron chi connectivity index (χ2n) is 5.18. The van der Waals surface area contributed by atoms with Crippen molar-refractivity contribution < 1.29 is 18.0 Å². The molecule has 25 heavy (non-hydrogen) atoms. The number of carbonyl (C=O) groups excluding carboxylic acids is 1. The van der Waals surface area contributed by atoms with Crippen molar-refractivity contribution >= 4 is 29.3 Å². The fraction of sp³-hybridized carbons (Fsp3) is 0.111. The minimum Gasteiger partial charge on any atom is -0.320 e. The van der Waals surface area contributed by atoms with Crippen molar-refractivity contribution in [1.29, 1.82) is 5.26 Å². The van der Waals surface area contributed by atoms with E-state index < -0.39 is 17.6 Å². The van der Waals surface area contributed by atoms with Gasteiger partial charge in [0.05, 0.1) is 16.3 Å². The standard InChI is InChI=1S/C18H12ClF3N2O/c1-11-4-2-7-15(19)16(11)24-17(25)13(10-23)8-12-5-3-6-14(9-12)18(20,21)22/h2-9H,1H3,(H,24,25)/b13-8+. The van der Waals surface area contributed by atoms with Gasteiger partial charge in [0.2, 0.25) is 0 Å². The van der Waals surface area contributed by atoms with E-state index in [0.717, 1.165) is 18.2 Å². The number of rotatable bonds is 3. The normalized spacial score (nSPS) is 11.8. The van der Waals surface area contributed by atoms with E-state index in [9.17, 15) is 18.0 Å². The molecule has 0 spiro atoms. The third-order valence-corrected chi connectivity index (χ3v) is 3.67. The summed E-state index contributed by atoms with van der Waals surface area (Å²) in [5.74, 6) is -0.754. The average Bonchev–Trinajstić information content (AvgIpc) is 2.55. The Bertz CT molecular complexity index is 862. The van der Waals surface area contributed by atoms with E-state index in [1.165, 1.54) is 12.1 Å². The molecule has 0 aromatic heterocycles. The average molecular weight is 365 g/mol. The summed E-state index contributed by atoms with van der Waals surface area (Å²) in [6.07, 6.45) is -3.41. The van der Waals surface area contributed by atoms with E-state index in [1.807, 2.05) is 0 Å². The largest absolute Gasteiger partial charge is 0.416 e. The van der Waals surface area contributed by atoms with Crippen LogP contribution in [0.4, 0.5) is 18.9 Å². The van der Waals surface area contributed by atoms with E-state index in [-0.39, 0.29) is 11.1 Å². The number of halogens is 4. The lowest BCUT2D eigenvalue weighted by atomic mass is 10.1. The van der Waals surface area contributed by atoms with Crippen molar-refractivity contribution in [3.63, 3.8) is 0 Å². The number of amides is 1. The number of benzene rings is 2. The lowest BCUT2D eigenvalue weighted by Gasteiger charge is -2.10. The quantitative estimate of drug-likeness (QED) is 0.600. The molecule has 0 saturated carbocycles. The van der Waals surface area contributed by atoms with E-state index in [1.54, 1.807) is 31.2 Å². The molecule has 0 bridgehead atoms. The van der Waals surface area contributed by atoms with Crippen LogP contribution in [0.2, 0.25) is 5.02 Å². The zero-order valence-corrected chi connectivity index (χ0v) is 13.7. The molecular weight excluding hydrogens is 353 g/mol. The molecule has 3 nitrogen and oxygen atoms in total. The van der Waals surface area contributed by atoms with Crippen LogP contribution >= 0.6 is 11.6 Å². The molecule has 0 radical (unpaired) electrons. The maximum Gasteiger partial charge on any atom is 0.416 e. The number of hydrogen-bond donors (Lipinski definition) is 1. The molecule has 2 aromatic rings. The molecule has 0 saturated heterocycles. The van der Waals surface area contributed by atoms with Gasteiger partial charge in [-0.3, -0.25) is 4.79 Å². The predicted octanol–water partition coefficient (Wildman–Crippen LogP) is 5.21. The Kier molecular flexibility index (Phi) is 5.50. The molecule has 0 fully saturated rings. The number of aryl methyl sites for hydroxylation is 1. The Hall–Kier alpha value is -2.78. The fourth-order valence-electron chi connectivity index (χ4n) is 2.09. The third-order valence-electron chi connectivity index (χ3n) is 3.35. The molecule has 2 rings (SSSR count). The van der Waals surface area contributed by atoms with Crippen LogP contribution in [0.1, 0.15) is 16.7 Å². The second-order valence-corrected chi connectivity index (χ2v) is 5.59. The van der Waals surface area contributed by atoms with Crippen LogP contribution in [0.15, 0.2) is 48.0 Å². The van der Waals surface area contributed by atoms with Crippen LogP contribution < -0.4 is 5.32 Å². The van der Waals surface area contributed by atoms with Gasteiger partial charge in [-0.05, 0) is 42.3 Å². The number of nitrogens with one attached hydrogen (secondary N) is 1. The first kappa shape index (κ1) is 18.6. The van der Waals surface area contributed by atoms with Gasteiger partial charge in [-0.1, -0.05) is 35.9 Å². The Balaban J connectivity index is 2.32. The maximum absolute atomic E-state index is 12.7. The fourth-order valence-corrected chi connectivity index (χ4v) is 2.36. The summed E-state index contributed by atoms with van der Waals surface area (Å²) in [5, 5.41) is 12.0. The molecular formula is C18H12ClF3N2O. The van der Waals surface area contributed by atoms with Gasteiger partial charge >= 0.3 is 6.18 Å². The lowest BCUT2D eigenvalue weighted by Crippen LogP contribution is -2.14. The minimum atomic E-state index is -4.51. The highest BCUT2D eigenvalue weighted by Gasteiger charge is 2.30. The Morgan fingerprint density at radius 3 is 2.52 bits per heavy atom. The molecule has 7 heteroatoms. The number of nitrogens with zero attached hydrogens (tertiary/aromatic N) is 1. The van der Waals surface area contributed by atoms with Crippen LogP contribution in [-0.4, -0.2) is 5.91 Å². The third kappa shape index (κ3) is 4.61. The SMILES string of the molecule is Cc1cccc(Cl)c1NC(=O)/C(C#N)=C/c1cccc(C(F)(F)F)c1. The van der Waals surface area contributed by atoms with Gasteiger partial charge in [0.25, 0.3) is 5.91 Å². The monoisotopic (exact) mass is 364 g/mol. The van der Waals surface area contributed by atoms with E-state index in [0.29, 0.717) is 16.3 Å². The van der Waals surface area contributed by atoms with Gasteiger partial charge in [0.15, 0.2) is 0 Å². The van der Waals surface area contributed by atoms with Gasteiger partial charge < -0.3 is 5.32 Å². The highest BCUT2D eigenvalue weighted by molar-refractivity contribution is 6.34. The van der Waals surface area contributed by atoms with Crippen molar-refractivity contribution in [2.24, 2.45) is 0 Å². The summed E-state index contributed by atoms with van der Waals surface area (Å²) in [7, 11) is 0. The zero-order chi connectivity index (χ0) is 18.6. The Morgan fingerprint density at radius 2 is 1.92 bits per heavy atom. The Morgan fingerprint density at radius 1 is 1.24 bits per heavy atom. The zero-order valence-electron chi connectivity index (χ0n) is 13.0. The smallest absolute Gasteiger partial charge is 0.320 e. The van der Waals surface area contributed by atoms with Crippen LogP contribution in [-0.2, 0) is 11.0 Å². The molecule has 0 heterocycles. The van der Waals surface area contributed by atoms with Gasteiger partial charge in [-0.15, -0.1) is 0 Å². The molecule has 0 unspecified atom stereocenters. The molecule has 0 aliphatic rings. The molecule has 0 atom stereocenters. The maximum atomic E-state index is 12.7. The van der Waals surface area contributed by atoms with Crippen molar-refractivity contribution in [3.8, 4) is 6.07 Å². The minimum absolute atomic E-state index is 0.0948. The van der Waals surface area contributed by atoms with Crippen LogP contribution in [0.25, 0.3) is 6.08 Å². The number of hydrogen-bond acceptors (Lipinski definition) is 2. The number of nitriles is 1. The number of alkyl halides is 3. The summed E-state index contributed by atoms with van der Waals surface area (Å²) in [6, 6.07) is 11.1. The second kappa shape index (κ2) is 7.41. The summed E-state index contributed by atoms with van der Waals surface area (Å²) >= 11 is 6.01. The molecule has 2 aromatic carbocycles. The molecule has 1 amide bonds. The van der Waals surface area contributed by atoms with Crippen LogP contribution in [0, 0.1) is 18.3 Å². The van der Waals surface area contributed by atoms with Gasteiger partial charge in [0.1, 0.15) is 11.6 Å². The summed E-state index contributed by atoms with van der Waals surface area (Å²) in [4.78, 5) is 12.3. The van der Waals surface area contributed by atoms with Crippen molar-refractivity contribution in [2.75, 3.05) is 5.32 Å². The van der Waals surface area contributed by atoms with E-state index in [2.05, 4.69) is 5.32 Å². The van der Waals surface area contributed by atoms with Gasteiger partial charge in [-0.25, -0.2) is 0 Å². The van der Waals surface area contributed by atoms with Crippen molar-refractivity contribution in [2.45, 2.75) is 13.1 Å². The van der Waals surface area contributed by atoms with Crippen molar-refractivity contribution in [1.82, 2.24) is 0 Å². The van der Waals surface area contributed by atoms with Gasteiger partial charge in [0, 0.05) is 0 Å². The first-order chi connectivity index (χ1) is 11.7. The number of anilines is 1. The number of carbonyl (C=O) groups is 1. The van der Waals surface area contributed by atoms with E-state index in [4.69, 9.17) is 16.9 Å². The lowest BCUT2D eigenvalue weighted by molar-refractivity contribution is -0.137. The molecule has 0 aliphatic carbocycles. The number of para-hydroxylation sites is 1. The predicted molar refractivity (Wildman–Crippen MR) is 89.9 cm³/mol. The molecule has 128 valence electrons. The summed E-state index contributed by atoms with van der Waals surface area (Å²) in [6.45, 7) is 1.73. The summed E-state index contributed by atoms with van der Waals surface area (Å²) < 4.78 is 38.2. The van der Waals surface area contributed by atoms with E-state index >= 15 is 0 Å². The first-order valence-electron chi connectivity index (χ1n) is 7.08. The van der Waals surface area contributed by atoms with Crippen LogP contribution in [0.3, 0.4) is 0 Å². The highest BCUT2D eigenvalue weighted by atomic mass is 35.5. The first-order valence-corrected chi connectivity index (χ1v) is 7.45. The topological polar surface area (TPSA) is 52.9 Å². The molecule has 1 N–H and O–H groups in total. The highest BCUT2D eigenvalue weighted by Crippen LogP contribution is 2.30. The summed E-state index contributed by atoms with van der Waals surface area (Å²) in [5.41, 5.74) is -0.0616.